The summed E-state index contributed by atoms with van der Waals surface area (Å²) in [7, 11) is 0. The summed E-state index contributed by atoms with van der Waals surface area (Å²) in [5, 5.41) is 0. The third-order valence-electron chi connectivity index (χ3n) is 7.78. The van der Waals surface area contributed by atoms with Crippen LogP contribution in [0.3, 0.4) is 0 Å². The van der Waals surface area contributed by atoms with Crippen LogP contribution in [0.15, 0.2) is 97.3 Å². The van der Waals surface area contributed by atoms with Crippen molar-refractivity contribution in [1.29, 1.82) is 0 Å². The van der Waals surface area contributed by atoms with Crippen LogP contribution >= 0.6 is 0 Å². The van der Waals surface area contributed by atoms with E-state index in [1.54, 1.807) is 0 Å². The van der Waals surface area contributed by atoms with E-state index in [2.05, 4.69) is 105 Å². The molecule has 0 amide bonds. The van der Waals surface area contributed by atoms with Gasteiger partial charge in [0.1, 0.15) is 11.5 Å². The van der Waals surface area contributed by atoms with Gasteiger partial charge in [0.05, 0.1) is 36.8 Å². The molecule has 2 unspecified atom stereocenters. The summed E-state index contributed by atoms with van der Waals surface area (Å²) in [4.78, 5) is 9.99. The number of allylic oxidation sites excluding steroid dienone is 2. The molecule has 3 aliphatic heterocycles. The second-order valence-corrected chi connectivity index (χ2v) is 9.85. The number of fused-ring (bicyclic) bond motifs is 16. The fraction of sp³-hybridized carbons (Fsp3) is 0.267. The smallest absolute Gasteiger partial charge is 0.129 e. The van der Waals surface area contributed by atoms with Crippen LogP contribution in [-0.4, -0.2) is 30.3 Å². The Morgan fingerprint density at radius 1 is 0.657 bits per heavy atom. The molecule has 4 aliphatic rings. The number of anilines is 4. The van der Waals surface area contributed by atoms with Gasteiger partial charge >= 0.3 is 0 Å². The predicted molar refractivity (Wildman–Crippen MR) is 142 cm³/mol. The number of rotatable bonds is 0. The van der Waals surface area contributed by atoms with E-state index in [-0.39, 0.29) is 0 Å². The van der Waals surface area contributed by atoms with Crippen molar-refractivity contribution in [1.82, 2.24) is 4.90 Å². The summed E-state index contributed by atoms with van der Waals surface area (Å²) >= 11 is 0. The van der Waals surface area contributed by atoms with E-state index in [1.165, 1.54) is 42.7 Å². The molecule has 3 aromatic rings. The monoisotopic (exact) mass is 462 g/mol. The molecule has 2 atom stereocenters. The van der Waals surface area contributed by atoms with Crippen molar-refractivity contribution in [2.75, 3.05) is 28.0 Å². The van der Waals surface area contributed by atoms with Gasteiger partial charge in [-0.2, -0.15) is 0 Å². The van der Waals surface area contributed by atoms with Gasteiger partial charge in [-0.1, -0.05) is 37.1 Å². The molecule has 3 aromatic carbocycles. The first kappa shape index (κ1) is 20.5. The Bertz CT molecular complexity index is 1300. The van der Waals surface area contributed by atoms with Gasteiger partial charge < -0.3 is 24.3 Å². The SMILES string of the molecule is C1=CN2CN(C=C1)C1CCCCC1N1CN(c3cccc(c3)Oc3cccc2c3)c2ccccc21. The maximum atomic E-state index is 6.37. The van der Waals surface area contributed by atoms with E-state index in [1.807, 2.05) is 12.1 Å². The summed E-state index contributed by atoms with van der Waals surface area (Å²) in [5.74, 6) is 1.71. The van der Waals surface area contributed by atoms with E-state index in [4.69, 9.17) is 4.74 Å². The summed E-state index contributed by atoms with van der Waals surface area (Å²) < 4.78 is 6.37. The summed E-state index contributed by atoms with van der Waals surface area (Å²) in [6, 6.07) is 26.7. The van der Waals surface area contributed by atoms with Crippen molar-refractivity contribution in [2.24, 2.45) is 0 Å². The van der Waals surface area contributed by atoms with E-state index in [9.17, 15) is 0 Å². The average Bonchev–Trinajstić information content (AvgIpc) is 3.11. The molecular formula is C30H30N4O. The first-order valence-corrected chi connectivity index (χ1v) is 12.7. The van der Waals surface area contributed by atoms with Crippen LogP contribution in [-0.2, 0) is 0 Å². The molecule has 1 fully saturated rings. The van der Waals surface area contributed by atoms with Crippen LogP contribution in [0.2, 0.25) is 0 Å². The van der Waals surface area contributed by atoms with Crippen LogP contribution in [0.25, 0.3) is 0 Å². The normalized spacial score (nSPS) is 22.5. The highest BCUT2D eigenvalue weighted by Crippen LogP contribution is 2.45. The number of hydrogen-bond donors (Lipinski definition) is 0. The fourth-order valence-corrected chi connectivity index (χ4v) is 6.13. The predicted octanol–water partition coefficient (Wildman–Crippen LogP) is 6.83. The standard InChI is InChI=1S/C30H30N4O/c1-2-14-28-27(13-1)32-18-6-5-17-31(21-32)23-9-7-11-25(19-23)35-26-12-8-10-24(20-26)33-22-34(28)30-16-4-3-15-29(30)33/h3-12,15-20,27-28H,1-2,13-14,21-22H2. The topological polar surface area (TPSA) is 22.2 Å². The minimum absolute atomic E-state index is 0.450. The first-order chi connectivity index (χ1) is 17.3. The highest BCUT2D eigenvalue weighted by atomic mass is 16.5. The van der Waals surface area contributed by atoms with Gasteiger partial charge in [0.15, 0.2) is 0 Å². The Hall–Kier alpha value is -3.86. The lowest BCUT2D eigenvalue weighted by molar-refractivity contribution is 0.190. The summed E-state index contributed by atoms with van der Waals surface area (Å²) in [6.45, 7) is 1.68. The first-order valence-electron chi connectivity index (χ1n) is 12.7. The molecule has 176 valence electrons. The molecule has 0 radical (unpaired) electrons. The third kappa shape index (κ3) is 3.63. The van der Waals surface area contributed by atoms with Gasteiger partial charge in [0, 0.05) is 35.9 Å². The second kappa shape index (κ2) is 8.42. The molecule has 0 saturated heterocycles. The molecule has 35 heavy (non-hydrogen) atoms. The number of para-hydroxylation sites is 2. The quantitative estimate of drug-likeness (QED) is 0.364. The lowest BCUT2D eigenvalue weighted by atomic mass is 9.88. The van der Waals surface area contributed by atoms with Crippen LogP contribution < -0.4 is 19.4 Å². The number of ether oxygens (including phenoxy) is 1. The highest BCUT2D eigenvalue weighted by Gasteiger charge is 2.39. The molecule has 0 N–H and O–H groups in total. The number of nitrogens with zero attached hydrogens (tertiary/aromatic N) is 4. The van der Waals surface area contributed by atoms with E-state index in [0.29, 0.717) is 12.1 Å². The molecule has 1 aliphatic carbocycles. The van der Waals surface area contributed by atoms with E-state index in [0.717, 1.165) is 30.5 Å². The van der Waals surface area contributed by atoms with Crippen LogP contribution in [0.5, 0.6) is 11.5 Å². The summed E-state index contributed by atoms with van der Waals surface area (Å²) in [6.07, 6.45) is 13.8. The molecule has 0 spiro atoms. The summed E-state index contributed by atoms with van der Waals surface area (Å²) in [5.41, 5.74) is 4.92. The van der Waals surface area contributed by atoms with Gasteiger partial charge in [0.25, 0.3) is 0 Å². The molecule has 5 heteroatoms. The fourth-order valence-electron chi connectivity index (χ4n) is 6.13. The lowest BCUT2D eigenvalue weighted by Gasteiger charge is -2.45. The Labute approximate surface area is 207 Å². The average molecular weight is 463 g/mol. The zero-order valence-corrected chi connectivity index (χ0v) is 19.8. The van der Waals surface area contributed by atoms with Gasteiger partial charge in [-0.15, -0.1) is 0 Å². The maximum absolute atomic E-state index is 6.37. The Kier molecular flexibility index (Phi) is 4.93. The Morgan fingerprint density at radius 2 is 1.37 bits per heavy atom. The molecule has 8 bridgehead atoms. The Balaban J connectivity index is 1.39. The molecular weight excluding hydrogens is 432 g/mol. The third-order valence-corrected chi connectivity index (χ3v) is 7.78. The molecule has 0 aromatic heterocycles. The minimum atomic E-state index is 0.450. The number of hydrogen-bond acceptors (Lipinski definition) is 5. The van der Waals surface area contributed by atoms with Crippen LogP contribution in [0, 0.1) is 0 Å². The molecule has 1 saturated carbocycles. The van der Waals surface area contributed by atoms with Gasteiger partial charge in [-0.25, -0.2) is 0 Å². The van der Waals surface area contributed by atoms with Crippen LogP contribution in [0.1, 0.15) is 25.7 Å². The molecule has 7 rings (SSSR count). The molecule has 5 nitrogen and oxygen atoms in total. The number of benzene rings is 3. The zero-order chi connectivity index (χ0) is 23.2. The van der Waals surface area contributed by atoms with Crippen LogP contribution in [0.4, 0.5) is 22.7 Å². The van der Waals surface area contributed by atoms with Crippen molar-refractivity contribution in [2.45, 2.75) is 37.8 Å². The van der Waals surface area contributed by atoms with E-state index < -0.39 is 0 Å². The van der Waals surface area contributed by atoms with Crippen molar-refractivity contribution in [3.05, 3.63) is 97.3 Å². The van der Waals surface area contributed by atoms with Crippen molar-refractivity contribution in [3.8, 4) is 11.5 Å². The zero-order valence-electron chi connectivity index (χ0n) is 19.8. The van der Waals surface area contributed by atoms with Gasteiger partial charge in [-0.05, 0) is 61.4 Å². The maximum Gasteiger partial charge on any atom is 0.129 e. The lowest BCUT2D eigenvalue weighted by Crippen LogP contribution is -2.54. The highest BCUT2D eigenvalue weighted by molar-refractivity contribution is 5.83. The van der Waals surface area contributed by atoms with Crippen molar-refractivity contribution in [3.63, 3.8) is 0 Å². The van der Waals surface area contributed by atoms with Gasteiger partial charge in [-0.3, -0.25) is 0 Å². The van der Waals surface area contributed by atoms with Crippen molar-refractivity contribution < 1.29 is 4.74 Å². The van der Waals surface area contributed by atoms with E-state index >= 15 is 0 Å². The molecule has 3 heterocycles. The minimum Gasteiger partial charge on any atom is -0.457 e. The Morgan fingerprint density at radius 3 is 2.23 bits per heavy atom. The van der Waals surface area contributed by atoms with Gasteiger partial charge in [0.2, 0.25) is 0 Å². The van der Waals surface area contributed by atoms with Crippen molar-refractivity contribution >= 4 is 22.7 Å². The second-order valence-electron chi connectivity index (χ2n) is 9.85. The largest absolute Gasteiger partial charge is 0.457 e.